The van der Waals surface area contributed by atoms with E-state index >= 15 is 0 Å². The van der Waals surface area contributed by atoms with Gasteiger partial charge in [-0.2, -0.15) is 13.2 Å². The molecule has 0 aromatic heterocycles. The molecular weight excluding hydrogens is 274 g/mol. The van der Waals surface area contributed by atoms with Crippen molar-refractivity contribution in [2.45, 2.75) is 25.9 Å². The average Bonchev–Trinajstić information content (AvgIpc) is 2.39. The van der Waals surface area contributed by atoms with E-state index in [4.69, 9.17) is 5.73 Å². The molecule has 0 atom stereocenters. The molecule has 1 aliphatic rings. The van der Waals surface area contributed by atoms with Crippen molar-refractivity contribution in [3.63, 3.8) is 0 Å². The SMILES string of the molecule is C=N/C(=C\C(=C(/C)F)N1CCC(C(F)(F)F)CC1)CN. The fourth-order valence-corrected chi connectivity index (χ4v) is 2.18. The molecule has 2 N–H and O–H groups in total. The molecule has 0 aromatic rings. The van der Waals surface area contributed by atoms with Crippen LogP contribution in [-0.2, 0) is 0 Å². The molecule has 0 bridgehead atoms. The van der Waals surface area contributed by atoms with Crippen molar-refractivity contribution in [1.29, 1.82) is 0 Å². The molecule has 20 heavy (non-hydrogen) atoms. The molecule has 0 radical (unpaired) electrons. The number of halogens is 4. The van der Waals surface area contributed by atoms with Crippen LogP contribution in [0.5, 0.6) is 0 Å². The number of aliphatic imine (C=N–C) groups is 1. The lowest BCUT2D eigenvalue weighted by molar-refractivity contribution is -0.184. The maximum absolute atomic E-state index is 13.6. The molecular formula is C13H19F4N3. The lowest BCUT2D eigenvalue weighted by Crippen LogP contribution is -2.38. The van der Waals surface area contributed by atoms with E-state index in [1.54, 1.807) is 4.90 Å². The Morgan fingerprint density at radius 2 is 1.95 bits per heavy atom. The van der Waals surface area contributed by atoms with Crippen molar-refractivity contribution >= 4 is 6.72 Å². The number of nitrogens with zero attached hydrogens (tertiary/aromatic N) is 2. The molecule has 0 spiro atoms. The molecule has 1 rings (SSSR count). The molecule has 0 amide bonds. The summed E-state index contributed by atoms with van der Waals surface area (Å²) in [5.74, 6) is -1.78. The predicted octanol–water partition coefficient (Wildman–Crippen LogP) is 3.00. The van der Waals surface area contributed by atoms with E-state index in [0.717, 1.165) is 0 Å². The normalized spacial score (nSPS) is 19.9. The third-order valence-electron chi connectivity index (χ3n) is 3.37. The van der Waals surface area contributed by atoms with E-state index in [1.807, 2.05) is 0 Å². The second kappa shape index (κ2) is 6.88. The van der Waals surface area contributed by atoms with E-state index < -0.39 is 17.9 Å². The van der Waals surface area contributed by atoms with Crippen molar-refractivity contribution < 1.29 is 17.6 Å². The summed E-state index contributed by atoms with van der Waals surface area (Å²) < 4.78 is 51.4. The van der Waals surface area contributed by atoms with Crippen LogP contribution in [0.15, 0.2) is 28.3 Å². The Bertz CT molecular complexity index is 400. The minimum absolute atomic E-state index is 0.0341. The quantitative estimate of drug-likeness (QED) is 0.492. The van der Waals surface area contributed by atoms with Crippen LogP contribution >= 0.6 is 0 Å². The molecule has 0 aliphatic carbocycles. The van der Waals surface area contributed by atoms with Crippen LogP contribution in [0.3, 0.4) is 0 Å². The fraction of sp³-hybridized carbons (Fsp3) is 0.615. The Balaban J connectivity index is 2.82. The maximum Gasteiger partial charge on any atom is 0.391 e. The first-order chi connectivity index (χ1) is 9.29. The van der Waals surface area contributed by atoms with Gasteiger partial charge in [0.25, 0.3) is 0 Å². The Labute approximate surface area is 115 Å². The fourth-order valence-electron chi connectivity index (χ4n) is 2.18. The van der Waals surface area contributed by atoms with Gasteiger partial charge in [0.15, 0.2) is 0 Å². The van der Waals surface area contributed by atoms with E-state index in [2.05, 4.69) is 11.7 Å². The highest BCUT2D eigenvalue weighted by molar-refractivity contribution is 5.33. The van der Waals surface area contributed by atoms with Gasteiger partial charge >= 0.3 is 6.18 Å². The highest BCUT2D eigenvalue weighted by Crippen LogP contribution is 2.35. The Kier molecular flexibility index (Phi) is 5.74. The van der Waals surface area contributed by atoms with Crippen LogP contribution in [0.4, 0.5) is 17.6 Å². The van der Waals surface area contributed by atoms with Crippen molar-refractivity contribution in [3.8, 4) is 0 Å². The largest absolute Gasteiger partial charge is 0.391 e. The van der Waals surface area contributed by atoms with Crippen molar-refractivity contribution in [1.82, 2.24) is 4.90 Å². The van der Waals surface area contributed by atoms with Crippen LogP contribution in [0, 0.1) is 5.92 Å². The lowest BCUT2D eigenvalue weighted by Gasteiger charge is -2.35. The number of hydrogen-bond donors (Lipinski definition) is 1. The monoisotopic (exact) mass is 293 g/mol. The smallest absolute Gasteiger partial charge is 0.369 e. The molecule has 1 aliphatic heterocycles. The summed E-state index contributed by atoms with van der Waals surface area (Å²) in [7, 11) is 0. The van der Waals surface area contributed by atoms with Crippen LogP contribution in [0.25, 0.3) is 0 Å². The van der Waals surface area contributed by atoms with Gasteiger partial charge < -0.3 is 10.6 Å². The van der Waals surface area contributed by atoms with E-state index in [0.29, 0.717) is 5.70 Å². The van der Waals surface area contributed by atoms with Crippen LogP contribution < -0.4 is 5.73 Å². The molecule has 1 saturated heterocycles. The number of alkyl halides is 3. The van der Waals surface area contributed by atoms with Gasteiger partial charge in [-0.15, -0.1) is 0 Å². The predicted molar refractivity (Wildman–Crippen MR) is 70.8 cm³/mol. The maximum atomic E-state index is 13.6. The second-order valence-corrected chi connectivity index (χ2v) is 4.72. The van der Waals surface area contributed by atoms with Gasteiger partial charge in [-0.05, 0) is 32.6 Å². The summed E-state index contributed by atoms with van der Waals surface area (Å²) in [6.45, 7) is 5.00. The molecule has 1 heterocycles. The summed E-state index contributed by atoms with van der Waals surface area (Å²) in [6.07, 6.45) is -2.81. The van der Waals surface area contributed by atoms with Gasteiger partial charge in [0.2, 0.25) is 0 Å². The minimum Gasteiger partial charge on any atom is -0.369 e. The number of piperidine rings is 1. The summed E-state index contributed by atoms with van der Waals surface area (Å²) in [5.41, 5.74) is 6.06. The number of likely N-dealkylation sites (tertiary alicyclic amines) is 1. The molecule has 7 heteroatoms. The van der Waals surface area contributed by atoms with Crippen molar-refractivity contribution in [2.24, 2.45) is 16.6 Å². The van der Waals surface area contributed by atoms with Crippen molar-refractivity contribution in [3.05, 3.63) is 23.3 Å². The molecule has 0 saturated carbocycles. The summed E-state index contributed by atoms with van der Waals surface area (Å²) in [5, 5.41) is 0. The van der Waals surface area contributed by atoms with Gasteiger partial charge in [0.05, 0.1) is 17.3 Å². The van der Waals surface area contributed by atoms with Crippen molar-refractivity contribution in [2.75, 3.05) is 19.6 Å². The number of nitrogens with two attached hydrogens (primary N) is 1. The first-order valence-corrected chi connectivity index (χ1v) is 6.35. The zero-order valence-corrected chi connectivity index (χ0v) is 11.4. The first kappa shape index (κ1) is 16.7. The summed E-state index contributed by atoms with van der Waals surface area (Å²) in [6, 6.07) is 0. The number of rotatable bonds is 4. The minimum atomic E-state index is -4.18. The molecule has 1 fully saturated rings. The van der Waals surface area contributed by atoms with Gasteiger partial charge in [-0.3, -0.25) is 4.99 Å². The Hall–Kier alpha value is -1.37. The van der Waals surface area contributed by atoms with Gasteiger partial charge in [-0.25, -0.2) is 4.39 Å². The topological polar surface area (TPSA) is 41.6 Å². The molecule has 114 valence electrons. The zero-order valence-electron chi connectivity index (χ0n) is 11.4. The van der Waals surface area contributed by atoms with E-state index in [9.17, 15) is 17.6 Å². The standard InChI is InChI=1S/C13H19F4N3/c1-9(14)12(7-11(8-18)19-2)20-5-3-10(4-6-20)13(15,16)17/h7,10H,2-6,8,18H2,1H3/b11-7-,12-9-. The Morgan fingerprint density at radius 3 is 2.30 bits per heavy atom. The molecule has 3 nitrogen and oxygen atoms in total. The zero-order chi connectivity index (χ0) is 15.3. The third kappa shape index (κ3) is 4.33. The summed E-state index contributed by atoms with van der Waals surface area (Å²) in [4.78, 5) is 5.25. The van der Waals surface area contributed by atoms with Crippen LogP contribution in [0.2, 0.25) is 0 Å². The van der Waals surface area contributed by atoms with E-state index in [1.165, 1.54) is 13.0 Å². The lowest BCUT2D eigenvalue weighted by atomic mass is 9.96. The Morgan fingerprint density at radius 1 is 1.40 bits per heavy atom. The molecule has 0 aromatic carbocycles. The third-order valence-corrected chi connectivity index (χ3v) is 3.37. The van der Waals surface area contributed by atoms with E-state index in [-0.39, 0.29) is 38.2 Å². The first-order valence-electron chi connectivity index (χ1n) is 6.35. The van der Waals surface area contributed by atoms with Gasteiger partial charge in [0.1, 0.15) is 5.83 Å². The highest BCUT2D eigenvalue weighted by Gasteiger charge is 2.41. The van der Waals surface area contributed by atoms with Crippen LogP contribution in [0.1, 0.15) is 19.8 Å². The number of allylic oxidation sites excluding steroid dienone is 2. The highest BCUT2D eigenvalue weighted by atomic mass is 19.4. The van der Waals surface area contributed by atoms with Crippen LogP contribution in [-0.4, -0.2) is 37.4 Å². The second-order valence-electron chi connectivity index (χ2n) is 4.72. The molecule has 0 unspecified atom stereocenters. The average molecular weight is 293 g/mol. The summed E-state index contributed by atoms with van der Waals surface area (Å²) >= 11 is 0. The number of hydrogen-bond acceptors (Lipinski definition) is 3. The van der Waals surface area contributed by atoms with Gasteiger partial charge in [-0.1, -0.05) is 0 Å². The van der Waals surface area contributed by atoms with Gasteiger partial charge in [0, 0.05) is 19.6 Å².